The number of carbonyl (C=O) groups is 2. The highest BCUT2D eigenvalue weighted by atomic mass is 16.2. The number of hydrazine groups is 1. The van der Waals surface area contributed by atoms with Gasteiger partial charge in [0.15, 0.2) is 0 Å². The molecule has 0 spiro atoms. The van der Waals surface area contributed by atoms with E-state index in [9.17, 15) is 9.59 Å². The molecule has 20 heavy (non-hydrogen) atoms. The van der Waals surface area contributed by atoms with E-state index in [4.69, 9.17) is 0 Å². The van der Waals surface area contributed by atoms with Gasteiger partial charge in [0.25, 0.3) is 5.91 Å². The SMILES string of the molecule is O=C(CCC1CCCCC1)NNC(=O)c1ccccn1. The third-order valence-corrected chi connectivity index (χ3v) is 3.72. The van der Waals surface area contributed by atoms with Crippen LogP contribution in [0.25, 0.3) is 0 Å². The van der Waals surface area contributed by atoms with Crippen LogP contribution in [0, 0.1) is 5.92 Å². The summed E-state index contributed by atoms with van der Waals surface area (Å²) in [4.78, 5) is 27.3. The molecule has 1 aromatic heterocycles. The molecule has 1 heterocycles. The van der Waals surface area contributed by atoms with Gasteiger partial charge in [0.2, 0.25) is 5.91 Å². The molecule has 0 atom stereocenters. The van der Waals surface area contributed by atoms with Gasteiger partial charge in [0.05, 0.1) is 0 Å². The maximum absolute atomic E-state index is 11.7. The van der Waals surface area contributed by atoms with Crippen molar-refractivity contribution in [2.45, 2.75) is 44.9 Å². The Balaban J connectivity index is 1.66. The lowest BCUT2D eigenvalue weighted by Crippen LogP contribution is -2.42. The van der Waals surface area contributed by atoms with Crippen molar-refractivity contribution in [3.63, 3.8) is 0 Å². The molecular formula is C15H21N3O2. The molecule has 0 saturated heterocycles. The summed E-state index contributed by atoms with van der Waals surface area (Å²) in [6, 6.07) is 5.07. The molecule has 1 aliphatic carbocycles. The third-order valence-electron chi connectivity index (χ3n) is 3.72. The van der Waals surface area contributed by atoms with Gasteiger partial charge in [0, 0.05) is 12.6 Å². The van der Waals surface area contributed by atoms with Crippen molar-refractivity contribution in [1.29, 1.82) is 0 Å². The van der Waals surface area contributed by atoms with E-state index in [1.165, 1.54) is 32.1 Å². The highest BCUT2D eigenvalue weighted by Gasteiger charge is 2.15. The van der Waals surface area contributed by atoms with E-state index >= 15 is 0 Å². The van der Waals surface area contributed by atoms with E-state index in [2.05, 4.69) is 15.8 Å². The Morgan fingerprint density at radius 2 is 1.95 bits per heavy atom. The Hall–Kier alpha value is -1.91. The second-order valence-electron chi connectivity index (χ2n) is 5.26. The number of nitrogens with one attached hydrogen (secondary N) is 2. The Labute approximate surface area is 119 Å². The van der Waals surface area contributed by atoms with Crippen LogP contribution in [0.3, 0.4) is 0 Å². The number of nitrogens with zero attached hydrogens (tertiary/aromatic N) is 1. The van der Waals surface area contributed by atoms with E-state index in [1.54, 1.807) is 24.4 Å². The first-order valence-corrected chi connectivity index (χ1v) is 7.26. The van der Waals surface area contributed by atoms with Gasteiger partial charge in [-0.1, -0.05) is 38.2 Å². The Morgan fingerprint density at radius 1 is 1.15 bits per heavy atom. The molecule has 2 amide bonds. The fraction of sp³-hybridized carbons (Fsp3) is 0.533. The maximum Gasteiger partial charge on any atom is 0.288 e. The smallest absolute Gasteiger partial charge is 0.273 e. The van der Waals surface area contributed by atoms with Gasteiger partial charge in [-0.15, -0.1) is 0 Å². The van der Waals surface area contributed by atoms with Crippen LogP contribution in [0.2, 0.25) is 0 Å². The average molecular weight is 275 g/mol. The third kappa shape index (κ3) is 4.64. The van der Waals surface area contributed by atoms with Gasteiger partial charge in [-0.25, -0.2) is 0 Å². The molecule has 5 heteroatoms. The Bertz CT molecular complexity index is 442. The highest BCUT2D eigenvalue weighted by Crippen LogP contribution is 2.26. The average Bonchev–Trinajstić information content (AvgIpc) is 2.52. The van der Waals surface area contributed by atoms with Crippen molar-refractivity contribution >= 4 is 11.8 Å². The van der Waals surface area contributed by atoms with Crippen molar-refractivity contribution in [3.8, 4) is 0 Å². The normalized spacial score (nSPS) is 15.6. The minimum absolute atomic E-state index is 0.139. The molecular weight excluding hydrogens is 254 g/mol. The fourth-order valence-corrected chi connectivity index (χ4v) is 2.56. The molecule has 5 nitrogen and oxygen atoms in total. The number of hydrogen-bond donors (Lipinski definition) is 2. The lowest BCUT2D eigenvalue weighted by atomic mass is 9.86. The van der Waals surface area contributed by atoms with E-state index in [-0.39, 0.29) is 5.91 Å². The monoisotopic (exact) mass is 275 g/mol. The summed E-state index contributed by atoms with van der Waals surface area (Å²) in [5.41, 5.74) is 5.12. The van der Waals surface area contributed by atoms with Crippen LogP contribution in [0.1, 0.15) is 55.4 Å². The Kier molecular flexibility index (Phi) is 5.53. The van der Waals surface area contributed by atoms with Crippen molar-refractivity contribution in [1.82, 2.24) is 15.8 Å². The fourth-order valence-electron chi connectivity index (χ4n) is 2.56. The van der Waals surface area contributed by atoms with Gasteiger partial charge < -0.3 is 0 Å². The maximum atomic E-state index is 11.7. The Morgan fingerprint density at radius 3 is 2.65 bits per heavy atom. The van der Waals surface area contributed by atoms with Gasteiger partial charge >= 0.3 is 0 Å². The summed E-state index contributed by atoms with van der Waals surface area (Å²) in [5, 5.41) is 0. The number of carbonyl (C=O) groups excluding carboxylic acids is 2. The van der Waals surface area contributed by atoms with Gasteiger partial charge in [-0.3, -0.25) is 25.4 Å². The molecule has 1 aliphatic rings. The van der Waals surface area contributed by atoms with Gasteiger partial charge in [0.1, 0.15) is 5.69 Å². The summed E-state index contributed by atoms with van der Waals surface area (Å²) in [5.74, 6) is 0.137. The second-order valence-corrected chi connectivity index (χ2v) is 5.26. The molecule has 2 N–H and O–H groups in total. The molecule has 0 aliphatic heterocycles. The van der Waals surface area contributed by atoms with Gasteiger partial charge in [-0.05, 0) is 24.5 Å². The molecule has 0 bridgehead atoms. The lowest BCUT2D eigenvalue weighted by molar-refractivity contribution is -0.122. The van der Waals surface area contributed by atoms with E-state index in [0.29, 0.717) is 18.0 Å². The summed E-state index contributed by atoms with van der Waals surface area (Å²) >= 11 is 0. The number of aromatic nitrogens is 1. The summed E-state index contributed by atoms with van der Waals surface area (Å²) in [6.45, 7) is 0. The van der Waals surface area contributed by atoms with Crippen LogP contribution in [0.4, 0.5) is 0 Å². The van der Waals surface area contributed by atoms with E-state index < -0.39 is 5.91 Å². The second kappa shape index (κ2) is 7.62. The first-order chi connectivity index (χ1) is 9.75. The van der Waals surface area contributed by atoms with Crippen LogP contribution in [0.15, 0.2) is 24.4 Å². The topological polar surface area (TPSA) is 71.1 Å². The van der Waals surface area contributed by atoms with Crippen molar-refractivity contribution in [2.24, 2.45) is 5.92 Å². The van der Waals surface area contributed by atoms with Crippen LogP contribution in [-0.2, 0) is 4.79 Å². The molecule has 0 unspecified atom stereocenters. The van der Waals surface area contributed by atoms with Crippen LogP contribution >= 0.6 is 0 Å². The summed E-state index contributed by atoms with van der Waals surface area (Å²) in [7, 11) is 0. The molecule has 1 aromatic rings. The van der Waals surface area contributed by atoms with E-state index in [0.717, 1.165) is 6.42 Å². The lowest BCUT2D eigenvalue weighted by Gasteiger charge is -2.20. The number of amides is 2. The molecule has 108 valence electrons. The number of hydrogen-bond acceptors (Lipinski definition) is 3. The van der Waals surface area contributed by atoms with Crippen molar-refractivity contribution in [2.75, 3.05) is 0 Å². The first-order valence-electron chi connectivity index (χ1n) is 7.26. The minimum atomic E-state index is -0.392. The summed E-state index contributed by atoms with van der Waals surface area (Å²) in [6.07, 6.45) is 9.26. The van der Waals surface area contributed by atoms with Crippen LogP contribution < -0.4 is 10.9 Å². The minimum Gasteiger partial charge on any atom is -0.273 e. The van der Waals surface area contributed by atoms with E-state index in [1.807, 2.05) is 0 Å². The predicted molar refractivity (Wildman–Crippen MR) is 75.7 cm³/mol. The first kappa shape index (κ1) is 14.5. The van der Waals surface area contributed by atoms with Crippen LogP contribution in [0.5, 0.6) is 0 Å². The zero-order chi connectivity index (χ0) is 14.2. The van der Waals surface area contributed by atoms with Gasteiger partial charge in [-0.2, -0.15) is 0 Å². The quantitative estimate of drug-likeness (QED) is 0.828. The zero-order valence-electron chi connectivity index (χ0n) is 11.6. The van der Waals surface area contributed by atoms with Crippen molar-refractivity contribution in [3.05, 3.63) is 30.1 Å². The van der Waals surface area contributed by atoms with Crippen LogP contribution in [-0.4, -0.2) is 16.8 Å². The zero-order valence-corrected chi connectivity index (χ0v) is 11.6. The predicted octanol–water partition coefficient (Wildman–Crippen LogP) is 2.20. The number of pyridine rings is 1. The highest BCUT2D eigenvalue weighted by molar-refractivity contribution is 5.93. The molecule has 0 radical (unpaired) electrons. The standard InChI is InChI=1S/C15H21N3O2/c19-14(10-9-12-6-2-1-3-7-12)17-18-15(20)13-8-4-5-11-16-13/h4-5,8,11-12H,1-3,6-7,9-10H2,(H,17,19)(H,18,20). The number of rotatable bonds is 4. The summed E-state index contributed by atoms with van der Waals surface area (Å²) < 4.78 is 0. The molecule has 1 fully saturated rings. The van der Waals surface area contributed by atoms with Crippen molar-refractivity contribution < 1.29 is 9.59 Å². The molecule has 0 aromatic carbocycles. The molecule has 1 saturated carbocycles. The largest absolute Gasteiger partial charge is 0.288 e. The molecule has 2 rings (SSSR count).